The van der Waals surface area contributed by atoms with Gasteiger partial charge in [-0.05, 0) is 46.8 Å². The van der Waals surface area contributed by atoms with E-state index < -0.39 is 4.92 Å². The summed E-state index contributed by atoms with van der Waals surface area (Å²) in [5, 5.41) is 14.5. The fourth-order valence-corrected chi connectivity index (χ4v) is 3.15. The molecule has 1 aromatic carbocycles. The lowest BCUT2D eigenvalue weighted by Crippen LogP contribution is -2.57. The van der Waals surface area contributed by atoms with Gasteiger partial charge in [0.25, 0.3) is 5.69 Å². The van der Waals surface area contributed by atoms with Crippen LogP contribution in [0.2, 0.25) is 0 Å². The van der Waals surface area contributed by atoms with E-state index in [0.717, 1.165) is 13.1 Å². The summed E-state index contributed by atoms with van der Waals surface area (Å²) in [7, 11) is 0. The molecule has 0 aliphatic carbocycles. The molecule has 0 radical (unpaired) electrons. The molecule has 0 bridgehead atoms. The molecule has 0 amide bonds. The van der Waals surface area contributed by atoms with Gasteiger partial charge in [0.2, 0.25) is 0 Å². The number of hydrogen-bond donors (Lipinski definition) is 1. The van der Waals surface area contributed by atoms with Crippen molar-refractivity contribution in [1.82, 2.24) is 4.90 Å². The summed E-state index contributed by atoms with van der Waals surface area (Å²) in [4.78, 5) is 24.7. The van der Waals surface area contributed by atoms with Crippen LogP contribution in [0.25, 0.3) is 0 Å². The lowest BCUT2D eigenvalue weighted by molar-refractivity contribution is -0.384. The Morgan fingerprint density at radius 1 is 1.36 bits per heavy atom. The van der Waals surface area contributed by atoms with Crippen molar-refractivity contribution in [2.45, 2.75) is 52.4 Å². The van der Waals surface area contributed by atoms with Crippen molar-refractivity contribution in [1.29, 1.82) is 0 Å². The highest BCUT2D eigenvalue weighted by Crippen LogP contribution is 2.28. The number of carbonyl (C=O) groups excluding carboxylic acids is 1. The predicted octanol–water partition coefficient (Wildman–Crippen LogP) is 3.10. The van der Waals surface area contributed by atoms with E-state index in [1.807, 2.05) is 0 Å². The first-order valence-electron chi connectivity index (χ1n) is 8.54. The molecule has 2 rings (SSSR count). The molecular weight excluding hydrogens is 322 g/mol. The smallest absolute Gasteiger partial charge is 0.293 e. The SMILES string of the molecule is CC(=O)c1ccc(NCC(C)(C)N2C[C@@H](C)O[C@H](C)C2)c([N+](=O)[O-])c1. The van der Waals surface area contributed by atoms with Crippen LogP contribution in [0.5, 0.6) is 0 Å². The zero-order valence-electron chi connectivity index (χ0n) is 15.5. The number of benzene rings is 1. The molecule has 0 unspecified atom stereocenters. The average molecular weight is 349 g/mol. The maximum absolute atomic E-state index is 11.5. The van der Waals surface area contributed by atoms with Crippen molar-refractivity contribution < 1.29 is 14.5 Å². The van der Waals surface area contributed by atoms with Crippen molar-refractivity contribution in [2.24, 2.45) is 0 Å². The van der Waals surface area contributed by atoms with Gasteiger partial charge in [0, 0.05) is 36.8 Å². The zero-order valence-corrected chi connectivity index (χ0v) is 15.5. The highest BCUT2D eigenvalue weighted by molar-refractivity contribution is 5.95. The molecule has 0 spiro atoms. The third kappa shape index (κ3) is 4.76. The molecular formula is C18H27N3O4. The molecule has 1 aliphatic rings. The molecule has 25 heavy (non-hydrogen) atoms. The Kier molecular flexibility index (Phi) is 5.80. The molecule has 1 fully saturated rings. The molecule has 138 valence electrons. The van der Waals surface area contributed by atoms with Gasteiger partial charge in [-0.25, -0.2) is 0 Å². The summed E-state index contributed by atoms with van der Waals surface area (Å²) >= 11 is 0. The van der Waals surface area contributed by atoms with Crippen LogP contribution in [0.4, 0.5) is 11.4 Å². The standard InChI is InChI=1S/C18H27N3O4/c1-12-9-20(10-13(2)25-12)18(4,5)11-19-16-7-6-15(14(3)22)8-17(16)21(23)24/h6-8,12-13,19H,9-11H2,1-5H3/t12-,13-/m1/s1. The van der Waals surface area contributed by atoms with Gasteiger partial charge in [0.1, 0.15) is 5.69 Å². The van der Waals surface area contributed by atoms with Crippen molar-refractivity contribution >= 4 is 17.2 Å². The van der Waals surface area contributed by atoms with Crippen molar-refractivity contribution in [2.75, 3.05) is 25.0 Å². The van der Waals surface area contributed by atoms with Crippen molar-refractivity contribution in [3.8, 4) is 0 Å². The second-order valence-corrected chi connectivity index (χ2v) is 7.37. The van der Waals surface area contributed by atoms with Gasteiger partial charge in [-0.1, -0.05) is 0 Å². The molecule has 1 saturated heterocycles. The zero-order chi connectivity index (χ0) is 18.8. The number of nitro groups is 1. The van der Waals surface area contributed by atoms with E-state index in [2.05, 4.69) is 37.9 Å². The van der Waals surface area contributed by atoms with Crippen LogP contribution in [-0.2, 0) is 4.74 Å². The Hall–Kier alpha value is -1.99. The molecule has 7 heteroatoms. The van der Waals surface area contributed by atoms with E-state index in [1.165, 1.54) is 13.0 Å². The first-order valence-corrected chi connectivity index (χ1v) is 8.54. The van der Waals surface area contributed by atoms with E-state index in [4.69, 9.17) is 4.74 Å². The summed E-state index contributed by atoms with van der Waals surface area (Å²) in [5.41, 5.74) is 0.497. The van der Waals surface area contributed by atoms with Crippen LogP contribution in [0.3, 0.4) is 0 Å². The largest absolute Gasteiger partial charge is 0.378 e. The summed E-state index contributed by atoms with van der Waals surface area (Å²) < 4.78 is 5.78. The minimum absolute atomic E-state index is 0.0767. The van der Waals surface area contributed by atoms with Crippen LogP contribution in [0.1, 0.15) is 45.0 Å². The molecule has 7 nitrogen and oxygen atoms in total. The first-order chi connectivity index (χ1) is 11.6. The normalized spacial score (nSPS) is 21.8. The molecule has 1 N–H and O–H groups in total. The van der Waals surface area contributed by atoms with Crippen molar-refractivity contribution in [3.63, 3.8) is 0 Å². The molecule has 1 heterocycles. The number of Topliss-reactive ketones (excluding diaryl/α,β-unsaturated/α-hetero) is 1. The van der Waals surface area contributed by atoms with Crippen LogP contribution in [0.15, 0.2) is 18.2 Å². The Bertz CT molecular complexity index is 650. The summed E-state index contributed by atoms with van der Waals surface area (Å²) in [6.07, 6.45) is 0.319. The lowest BCUT2D eigenvalue weighted by Gasteiger charge is -2.45. The number of anilines is 1. The number of nitrogens with zero attached hydrogens (tertiary/aromatic N) is 2. The highest BCUT2D eigenvalue weighted by atomic mass is 16.6. The summed E-state index contributed by atoms with van der Waals surface area (Å²) in [6.45, 7) is 11.9. The monoisotopic (exact) mass is 349 g/mol. The van der Waals surface area contributed by atoms with Gasteiger partial charge in [0.15, 0.2) is 5.78 Å². The number of carbonyl (C=O) groups is 1. The molecule has 2 atom stereocenters. The number of ether oxygens (including phenoxy) is 1. The van der Waals surface area contributed by atoms with Gasteiger partial charge in [-0.3, -0.25) is 19.8 Å². The number of morpholine rings is 1. The maximum Gasteiger partial charge on any atom is 0.293 e. The molecule has 0 saturated carbocycles. The van der Waals surface area contributed by atoms with Gasteiger partial charge in [0.05, 0.1) is 17.1 Å². The van der Waals surface area contributed by atoms with Crippen molar-refractivity contribution in [3.05, 3.63) is 33.9 Å². The third-order valence-electron chi connectivity index (χ3n) is 4.59. The predicted molar refractivity (Wildman–Crippen MR) is 97.3 cm³/mol. The molecule has 1 aromatic rings. The minimum atomic E-state index is -0.458. The van der Waals surface area contributed by atoms with Gasteiger partial charge >= 0.3 is 0 Å². The number of rotatable bonds is 6. The Morgan fingerprint density at radius 2 is 1.96 bits per heavy atom. The summed E-state index contributed by atoms with van der Waals surface area (Å²) in [6, 6.07) is 4.55. The maximum atomic E-state index is 11.5. The van der Waals surface area contributed by atoms with Gasteiger partial charge in [-0.15, -0.1) is 0 Å². The van der Waals surface area contributed by atoms with Crippen LogP contribution < -0.4 is 5.32 Å². The fraction of sp³-hybridized carbons (Fsp3) is 0.611. The van der Waals surface area contributed by atoms with E-state index >= 15 is 0 Å². The number of nitrogens with one attached hydrogen (secondary N) is 1. The molecule has 0 aromatic heterocycles. The lowest BCUT2D eigenvalue weighted by atomic mass is 9.99. The van der Waals surface area contributed by atoms with Gasteiger partial charge < -0.3 is 10.1 Å². The molecule has 1 aliphatic heterocycles. The highest BCUT2D eigenvalue weighted by Gasteiger charge is 2.33. The summed E-state index contributed by atoms with van der Waals surface area (Å²) in [5.74, 6) is -0.189. The Labute approximate surface area is 148 Å². The topological polar surface area (TPSA) is 84.7 Å². The minimum Gasteiger partial charge on any atom is -0.378 e. The Morgan fingerprint density at radius 3 is 2.48 bits per heavy atom. The second kappa shape index (κ2) is 7.49. The van der Waals surface area contributed by atoms with Crippen LogP contribution >= 0.6 is 0 Å². The third-order valence-corrected chi connectivity index (χ3v) is 4.59. The first kappa shape index (κ1) is 19.3. The van der Waals surface area contributed by atoms with E-state index in [9.17, 15) is 14.9 Å². The van der Waals surface area contributed by atoms with E-state index in [1.54, 1.807) is 12.1 Å². The quantitative estimate of drug-likeness (QED) is 0.483. The van der Waals surface area contributed by atoms with E-state index in [0.29, 0.717) is 17.8 Å². The van der Waals surface area contributed by atoms with Gasteiger partial charge in [-0.2, -0.15) is 0 Å². The van der Waals surface area contributed by atoms with Crippen LogP contribution in [0, 0.1) is 10.1 Å². The second-order valence-electron chi connectivity index (χ2n) is 7.37. The average Bonchev–Trinajstić information content (AvgIpc) is 2.51. The van der Waals surface area contributed by atoms with Crippen LogP contribution in [-0.4, -0.2) is 53.0 Å². The van der Waals surface area contributed by atoms with E-state index in [-0.39, 0.29) is 29.2 Å². The number of ketones is 1. The number of nitro benzene ring substituents is 1. The number of hydrogen-bond acceptors (Lipinski definition) is 6. The fourth-order valence-electron chi connectivity index (χ4n) is 3.15. The Balaban J connectivity index is 2.14.